The van der Waals surface area contributed by atoms with E-state index in [4.69, 9.17) is 0 Å². The molecule has 27 heavy (non-hydrogen) atoms. The van der Waals surface area contributed by atoms with Crippen LogP contribution in [-0.2, 0) is 21.4 Å². The minimum Gasteiger partial charge on any atom is -0.353 e. The number of sulfonamides is 1. The third kappa shape index (κ3) is 5.65. The molecular formula is C21H28N2O3S. The van der Waals surface area contributed by atoms with Gasteiger partial charge in [0.15, 0.2) is 0 Å². The Labute approximate surface area is 162 Å². The van der Waals surface area contributed by atoms with E-state index in [1.54, 1.807) is 19.1 Å². The van der Waals surface area contributed by atoms with E-state index >= 15 is 0 Å². The summed E-state index contributed by atoms with van der Waals surface area (Å²) in [4.78, 5) is 12.7. The minimum absolute atomic E-state index is 0.000477. The summed E-state index contributed by atoms with van der Waals surface area (Å²) in [6.45, 7) is 7.43. The van der Waals surface area contributed by atoms with Crippen LogP contribution in [0.15, 0.2) is 53.4 Å². The lowest BCUT2D eigenvalue weighted by molar-refractivity contribution is -0.122. The van der Waals surface area contributed by atoms with Crippen LogP contribution in [0.3, 0.4) is 0 Å². The zero-order chi connectivity index (χ0) is 20.0. The maximum atomic E-state index is 13.3. The Balaban J connectivity index is 2.38. The Morgan fingerprint density at radius 2 is 1.78 bits per heavy atom. The molecule has 0 heterocycles. The van der Waals surface area contributed by atoms with Crippen LogP contribution in [0.2, 0.25) is 0 Å². The molecule has 2 aromatic carbocycles. The molecule has 0 aromatic heterocycles. The SMILES string of the molecule is CC[C@@H](C)NC(=O)CN(Cc1ccccc1)S(=O)(=O)c1cc(C)ccc1C. The molecule has 2 rings (SSSR count). The van der Waals surface area contributed by atoms with Gasteiger partial charge in [-0.1, -0.05) is 49.4 Å². The van der Waals surface area contributed by atoms with Crippen molar-refractivity contribution in [2.24, 2.45) is 0 Å². The smallest absolute Gasteiger partial charge is 0.244 e. The van der Waals surface area contributed by atoms with Gasteiger partial charge in [-0.05, 0) is 49.9 Å². The summed E-state index contributed by atoms with van der Waals surface area (Å²) in [6.07, 6.45) is 0.786. The summed E-state index contributed by atoms with van der Waals surface area (Å²) in [6, 6.07) is 14.6. The van der Waals surface area contributed by atoms with Gasteiger partial charge >= 0.3 is 0 Å². The van der Waals surface area contributed by atoms with Crippen LogP contribution in [0.1, 0.15) is 37.0 Å². The molecule has 0 fully saturated rings. The predicted molar refractivity (Wildman–Crippen MR) is 108 cm³/mol. The largest absolute Gasteiger partial charge is 0.353 e. The number of carbonyl (C=O) groups is 1. The highest BCUT2D eigenvalue weighted by Gasteiger charge is 2.28. The minimum atomic E-state index is -3.82. The molecule has 0 aliphatic carbocycles. The Kier molecular flexibility index (Phi) is 7.16. The van der Waals surface area contributed by atoms with Crippen molar-refractivity contribution in [2.75, 3.05) is 6.54 Å². The number of rotatable bonds is 8. The van der Waals surface area contributed by atoms with Crippen molar-refractivity contribution in [3.63, 3.8) is 0 Å². The van der Waals surface area contributed by atoms with Gasteiger partial charge in [0.25, 0.3) is 0 Å². The molecule has 6 heteroatoms. The van der Waals surface area contributed by atoms with Crippen molar-refractivity contribution in [2.45, 2.75) is 51.6 Å². The lowest BCUT2D eigenvalue weighted by atomic mass is 10.2. The summed E-state index contributed by atoms with van der Waals surface area (Å²) in [5.74, 6) is -0.297. The number of amides is 1. The first-order chi connectivity index (χ1) is 12.7. The number of benzene rings is 2. The highest BCUT2D eigenvalue weighted by atomic mass is 32.2. The molecule has 0 aliphatic heterocycles. The highest BCUT2D eigenvalue weighted by molar-refractivity contribution is 7.89. The second-order valence-electron chi connectivity index (χ2n) is 6.90. The Bertz CT molecular complexity index is 880. The van der Waals surface area contributed by atoms with Crippen LogP contribution in [-0.4, -0.2) is 31.2 Å². The van der Waals surface area contributed by atoms with Gasteiger partial charge in [0, 0.05) is 12.6 Å². The molecule has 0 saturated carbocycles. The predicted octanol–water partition coefficient (Wildman–Crippen LogP) is 3.41. The number of hydrogen-bond acceptors (Lipinski definition) is 3. The maximum absolute atomic E-state index is 13.3. The number of aryl methyl sites for hydroxylation is 2. The van der Waals surface area contributed by atoms with Crippen molar-refractivity contribution < 1.29 is 13.2 Å². The fraction of sp³-hybridized carbons (Fsp3) is 0.381. The van der Waals surface area contributed by atoms with E-state index in [9.17, 15) is 13.2 Å². The van der Waals surface area contributed by atoms with Gasteiger partial charge in [-0.3, -0.25) is 4.79 Å². The average Bonchev–Trinajstić information content (AvgIpc) is 2.63. The topological polar surface area (TPSA) is 66.5 Å². The van der Waals surface area contributed by atoms with Gasteiger partial charge < -0.3 is 5.32 Å². The van der Waals surface area contributed by atoms with Crippen LogP contribution in [0.25, 0.3) is 0 Å². The molecule has 1 N–H and O–H groups in total. The average molecular weight is 389 g/mol. The molecule has 2 aromatic rings. The number of hydrogen-bond donors (Lipinski definition) is 1. The third-order valence-electron chi connectivity index (χ3n) is 4.50. The summed E-state index contributed by atoms with van der Waals surface area (Å²) in [7, 11) is -3.82. The van der Waals surface area contributed by atoms with Crippen LogP contribution in [0, 0.1) is 13.8 Å². The van der Waals surface area contributed by atoms with Gasteiger partial charge in [0.1, 0.15) is 0 Å². The maximum Gasteiger partial charge on any atom is 0.244 e. The lowest BCUT2D eigenvalue weighted by Gasteiger charge is -2.24. The number of nitrogens with zero attached hydrogens (tertiary/aromatic N) is 1. The van der Waals surface area contributed by atoms with Gasteiger partial charge in [-0.2, -0.15) is 4.31 Å². The summed E-state index contributed by atoms with van der Waals surface area (Å²) in [5.41, 5.74) is 2.37. The molecule has 0 spiro atoms. The van der Waals surface area contributed by atoms with Crippen molar-refractivity contribution in [3.8, 4) is 0 Å². The fourth-order valence-corrected chi connectivity index (χ4v) is 4.41. The molecule has 1 atom stereocenters. The number of carbonyl (C=O) groups excluding carboxylic acids is 1. The lowest BCUT2D eigenvalue weighted by Crippen LogP contribution is -2.43. The van der Waals surface area contributed by atoms with Crippen molar-refractivity contribution in [3.05, 3.63) is 65.2 Å². The van der Waals surface area contributed by atoms with Crippen LogP contribution in [0.4, 0.5) is 0 Å². The molecule has 0 bridgehead atoms. The Morgan fingerprint density at radius 1 is 1.11 bits per heavy atom. The molecule has 0 radical (unpaired) electrons. The van der Waals surface area contributed by atoms with Crippen molar-refractivity contribution in [1.29, 1.82) is 0 Å². The molecular weight excluding hydrogens is 360 g/mol. The monoisotopic (exact) mass is 388 g/mol. The Morgan fingerprint density at radius 3 is 2.41 bits per heavy atom. The molecule has 1 amide bonds. The molecule has 0 saturated heterocycles. The first-order valence-corrected chi connectivity index (χ1v) is 10.6. The first-order valence-electron chi connectivity index (χ1n) is 9.14. The normalized spacial score (nSPS) is 12.8. The van der Waals surface area contributed by atoms with E-state index in [1.807, 2.05) is 57.2 Å². The van der Waals surface area contributed by atoms with Gasteiger partial charge in [0.05, 0.1) is 11.4 Å². The van der Waals surface area contributed by atoms with Crippen molar-refractivity contribution in [1.82, 2.24) is 9.62 Å². The molecule has 146 valence electrons. The molecule has 0 aliphatic rings. The number of nitrogens with one attached hydrogen (secondary N) is 1. The van der Waals surface area contributed by atoms with E-state index in [1.165, 1.54) is 4.31 Å². The highest BCUT2D eigenvalue weighted by Crippen LogP contribution is 2.23. The van der Waals surface area contributed by atoms with Gasteiger partial charge in [0.2, 0.25) is 15.9 Å². The summed E-state index contributed by atoms with van der Waals surface area (Å²) in [5, 5.41) is 2.85. The first kappa shape index (κ1) is 21.1. The van der Waals surface area contributed by atoms with Crippen LogP contribution >= 0.6 is 0 Å². The summed E-state index contributed by atoms with van der Waals surface area (Å²) >= 11 is 0. The van der Waals surface area contributed by atoms with Crippen LogP contribution in [0.5, 0.6) is 0 Å². The molecule has 0 unspecified atom stereocenters. The zero-order valence-electron chi connectivity index (χ0n) is 16.4. The summed E-state index contributed by atoms with van der Waals surface area (Å²) < 4.78 is 27.9. The van der Waals surface area contributed by atoms with E-state index in [0.717, 1.165) is 17.5 Å². The second-order valence-corrected chi connectivity index (χ2v) is 8.81. The van der Waals surface area contributed by atoms with E-state index in [0.29, 0.717) is 5.56 Å². The van der Waals surface area contributed by atoms with E-state index < -0.39 is 10.0 Å². The molecule has 5 nitrogen and oxygen atoms in total. The van der Waals surface area contributed by atoms with E-state index in [2.05, 4.69) is 5.32 Å². The standard InChI is InChI=1S/C21H28N2O3S/c1-5-18(4)22-21(24)15-23(14-19-9-7-6-8-10-19)27(25,26)20-13-16(2)11-12-17(20)3/h6-13,18H,5,14-15H2,1-4H3,(H,22,24)/t18-/m1/s1. The van der Waals surface area contributed by atoms with Crippen LogP contribution < -0.4 is 5.32 Å². The van der Waals surface area contributed by atoms with Crippen molar-refractivity contribution >= 4 is 15.9 Å². The third-order valence-corrected chi connectivity index (χ3v) is 6.44. The second kappa shape index (κ2) is 9.15. The zero-order valence-corrected chi connectivity index (χ0v) is 17.2. The quantitative estimate of drug-likeness (QED) is 0.754. The van der Waals surface area contributed by atoms with Gasteiger partial charge in [-0.15, -0.1) is 0 Å². The van der Waals surface area contributed by atoms with Gasteiger partial charge in [-0.25, -0.2) is 8.42 Å². The Hall–Kier alpha value is -2.18. The fourth-order valence-electron chi connectivity index (χ4n) is 2.72. The van der Waals surface area contributed by atoms with E-state index in [-0.39, 0.29) is 29.9 Å².